The summed E-state index contributed by atoms with van der Waals surface area (Å²) in [6.45, 7) is 1.75. The molecule has 104 heavy (non-hydrogen) atoms. The fourth-order valence-corrected chi connectivity index (χ4v) is 12.1. The lowest BCUT2D eigenvalue weighted by molar-refractivity contribution is -0.143. The number of rotatable bonds is 44. The zero-order chi connectivity index (χ0) is 75.7. The van der Waals surface area contributed by atoms with Gasteiger partial charge in [-0.3, -0.25) is 62.7 Å². The number of carboxylic acids is 6. The molecule has 5 atom stereocenters. The van der Waals surface area contributed by atoms with Crippen LogP contribution in [0.3, 0.4) is 0 Å². The monoisotopic (exact) mass is 1450 g/mol. The number of nitrogens with one attached hydrogen (secondary N) is 8. The van der Waals surface area contributed by atoms with Crippen molar-refractivity contribution < 1.29 is 102 Å². The first-order valence-electron chi connectivity index (χ1n) is 34.4. The molecule has 1 aromatic heterocycles. The number of fused-ring (bicyclic) bond motifs is 1. The van der Waals surface area contributed by atoms with E-state index in [1.165, 1.54) is 60.6 Å². The topological polar surface area (TPSA) is 492 Å². The van der Waals surface area contributed by atoms with Crippen LogP contribution in [0, 0.1) is 11.8 Å². The fraction of sp³-hybridized carbons (Fsp3) is 0.500. The molecule has 1 aliphatic carbocycles. The number of unbranched alkanes of at least 4 members (excludes halogenated alkanes) is 1. The second-order valence-electron chi connectivity index (χ2n) is 25.6. The summed E-state index contributed by atoms with van der Waals surface area (Å²) in [5.74, 6) is -11.0. The Morgan fingerprint density at radius 3 is 1.88 bits per heavy atom. The maximum atomic E-state index is 14.1. The number of amides is 9. The highest BCUT2D eigenvalue weighted by Gasteiger charge is 2.40. The van der Waals surface area contributed by atoms with Gasteiger partial charge in [0.2, 0.25) is 29.5 Å². The Kier molecular flexibility index (Phi) is 33.7. The second kappa shape index (κ2) is 42.6. The summed E-state index contributed by atoms with van der Waals surface area (Å²) >= 11 is 0. The Balaban J connectivity index is 1.01. The Labute approximate surface area is 599 Å². The number of nitrogens with zero attached hydrogens (tertiary/aromatic N) is 5. The molecule has 34 nitrogen and oxygen atoms in total. The smallest absolute Gasteiger partial charge is 0.419 e. The van der Waals surface area contributed by atoms with Crippen molar-refractivity contribution in [2.45, 2.75) is 127 Å². The van der Waals surface area contributed by atoms with E-state index in [1.807, 2.05) is 42.5 Å². The average molecular weight is 1450 g/mol. The number of carbonyl (C=O) groups excluding carboxylic acids is 8. The van der Waals surface area contributed by atoms with Gasteiger partial charge >= 0.3 is 47.9 Å². The van der Waals surface area contributed by atoms with Gasteiger partial charge in [-0.2, -0.15) is 0 Å². The normalized spacial score (nSPS) is 16.0. The number of imide groups is 1. The average Bonchev–Trinajstić information content (AvgIpc) is 1.47. The molecule has 2 heterocycles. The van der Waals surface area contributed by atoms with E-state index in [2.05, 4.69) is 47.5 Å². The molecule has 1 saturated heterocycles. The van der Waals surface area contributed by atoms with Crippen molar-refractivity contribution in [1.82, 2.24) is 61.8 Å². The van der Waals surface area contributed by atoms with Crippen molar-refractivity contribution >= 4 is 99.8 Å². The first-order valence-corrected chi connectivity index (χ1v) is 34.4. The van der Waals surface area contributed by atoms with Gasteiger partial charge in [0.1, 0.15) is 36.8 Å². The van der Waals surface area contributed by atoms with Gasteiger partial charge < -0.3 is 82.8 Å². The van der Waals surface area contributed by atoms with Gasteiger partial charge in [-0.1, -0.05) is 54.6 Å². The number of hydrogen-bond donors (Lipinski definition) is 14. The van der Waals surface area contributed by atoms with E-state index in [1.54, 1.807) is 9.80 Å². The minimum Gasteiger partial charge on any atom is -0.481 e. The summed E-state index contributed by atoms with van der Waals surface area (Å²) in [5, 5.41) is 81.0. The summed E-state index contributed by atoms with van der Waals surface area (Å²) in [7, 11) is 0. The van der Waals surface area contributed by atoms with E-state index >= 15 is 0 Å². The molecule has 1 aliphatic heterocycles. The van der Waals surface area contributed by atoms with Gasteiger partial charge in [-0.05, 0) is 130 Å². The molecule has 3 aromatic carbocycles. The summed E-state index contributed by atoms with van der Waals surface area (Å²) < 4.78 is 5.40. The van der Waals surface area contributed by atoms with E-state index < -0.39 is 127 Å². The van der Waals surface area contributed by atoms with Crippen molar-refractivity contribution in [3.05, 3.63) is 108 Å². The number of hydrogen-bond acceptors (Lipinski definition) is 20. The molecule has 9 amide bonds. The molecule has 2 fully saturated rings. The highest BCUT2D eigenvalue weighted by molar-refractivity contribution is 6.01. The summed E-state index contributed by atoms with van der Waals surface area (Å²) in [6, 6.07) is 13.9. The fourth-order valence-electron chi connectivity index (χ4n) is 12.1. The molecule has 6 rings (SSSR count). The Morgan fingerprint density at radius 1 is 0.606 bits per heavy atom. The minimum atomic E-state index is -2.02. The lowest BCUT2D eigenvalue weighted by Crippen LogP contribution is -2.56. The molecule has 4 aromatic rings. The summed E-state index contributed by atoms with van der Waals surface area (Å²) in [5.41, 5.74) is 1.62. The van der Waals surface area contributed by atoms with E-state index in [0.717, 1.165) is 16.3 Å². The number of aromatic nitrogens is 1. The van der Waals surface area contributed by atoms with Crippen LogP contribution in [0.25, 0.3) is 10.8 Å². The zero-order valence-electron chi connectivity index (χ0n) is 57.8. The third kappa shape index (κ3) is 28.3. The zero-order valence-corrected chi connectivity index (χ0v) is 57.8. The third-order valence-corrected chi connectivity index (χ3v) is 17.7. The molecular weight excluding hydrogens is 1360 g/mol. The second-order valence-corrected chi connectivity index (χ2v) is 25.6. The first-order chi connectivity index (χ1) is 49.7. The molecule has 0 spiro atoms. The molecule has 0 unspecified atom stereocenters. The van der Waals surface area contributed by atoms with Crippen LogP contribution >= 0.6 is 0 Å². The largest absolute Gasteiger partial charge is 0.481 e. The standard InChI is InChI=1S/C70H93N13O21/c1-44(76-62(93)50-24-27-71-28-25-50)66(97)82-31-7-12-55(82)65(96)77-52-22-17-46(18-23-52)43-104-70(103)83(56(68(100)101)11-6-13-58(85)86)69(102)79-53(67(98)99)10-4-5-26-74-64(95)54(37-47-16-19-48-8-2-3-9-51(48)36-47)78-63(94)49-20-14-45(15-21-49)38-75-57(84)41-80(32-29-72-39-59(87)88)34-35-81(42-61(91)92)33-30-73-40-60(89)90/h2-3,8-9,16-19,22-25,27-28,36,44-45,49,53-56,72-73H,4-7,10-15,20-21,26,29-35,37-43H2,1H3,(H,74,95)(H,75,84)(H,76,93)(H,77,96)(H,78,94)(H,79,102)(H,85,86)(H,87,88)(H,89,90)(H,91,92)(H,98,99)(H,100,101)/t44-,45-,49-,53+,54+,55+,56+/m1/s1. The molecule has 14 N–H and O–H groups in total. The molecular formula is C70H93N13O21. The maximum Gasteiger partial charge on any atom is 0.419 e. The minimum absolute atomic E-state index is 0.0000357. The third-order valence-electron chi connectivity index (χ3n) is 17.7. The number of carbonyl (C=O) groups is 14. The van der Waals surface area contributed by atoms with Crippen molar-refractivity contribution in [3.8, 4) is 0 Å². The number of pyridine rings is 1. The van der Waals surface area contributed by atoms with Gasteiger partial charge in [0.25, 0.3) is 5.91 Å². The molecule has 2 aliphatic rings. The Hall–Kier alpha value is -10.7. The number of carboxylic acid groups (broad SMARTS) is 6. The SMILES string of the molecule is C[C@@H](NC(=O)c1ccncc1)C(=O)N1CCC[C@H]1C(=O)Nc1ccc(COC(=O)N(C(=O)N[C@@H](CCCCNC(=O)[C@H](Cc2ccc3ccccc3c2)NC(=O)[C@H]2CC[C@H](CNC(=O)CN(CCNCC(=O)O)CCN(CCNCC(=O)O)CC(=O)O)CC2)C(=O)O)[C@@H](CCCC(=O)O)C(=O)O)cc1. The molecule has 564 valence electrons. The van der Waals surface area contributed by atoms with Crippen molar-refractivity contribution in [2.75, 3.05) is 90.4 Å². The van der Waals surface area contributed by atoms with Gasteiger partial charge in [-0.25, -0.2) is 24.1 Å². The van der Waals surface area contributed by atoms with Crippen LogP contribution in [0.5, 0.6) is 0 Å². The van der Waals surface area contributed by atoms with E-state index in [-0.39, 0.29) is 139 Å². The molecule has 34 heteroatoms. The Bertz CT molecular complexity index is 3620. The predicted octanol–water partition coefficient (Wildman–Crippen LogP) is 1.77. The maximum absolute atomic E-state index is 14.1. The van der Waals surface area contributed by atoms with Crippen molar-refractivity contribution in [2.24, 2.45) is 11.8 Å². The highest BCUT2D eigenvalue weighted by atomic mass is 16.6. The van der Waals surface area contributed by atoms with Crippen LogP contribution in [0.4, 0.5) is 15.3 Å². The predicted molar refractivity (Wildman–Crippen MR) is 372 cm³/mol. The summed E-state index contributed by atoms with van der Waals surface area (Å²) in [6.07, 6.45) is 2.79. The molecule has 1 saturated carbocycles. The van der Waals surface area contributed by atoms with Crippen LogP contribution in [0.2, 0.25) is 0 Å². The number of benzene rings is 3. The van der Waals surface area contributed by atoms with Gasteiger partial charge in [0.05, 0.1) is 26.2 Å². The van der Waals surface area contributed by atoms with Gasteiger partial charge in [0, 0.05) is 101 Å². The number of anilines is 1. The first kappa shape index (κ1) is 82.2. The van der Waals surface area contributed by atoms with Crippen LogP contribution < -0.4 is 42.5 Å². The lowest BCUT2D eigenvalue weighted by atomic mass is 9.81. The van der Waals surface area contributed by atoms with Gasteiger partial charge in [-0.15, -0.1) is 0 Å². The van der Waals surface area contributed by atoms with Crippen molar-refractivity contribution in [1.29, 1.82) is 0 Å². The van der Waals surface area contributed by atoms with Gasteiger partial charge in [0.15, 0.2) is 0 Å². The number of aliphatic carboxylic acids is 6. The summed E-state index contributed by atoms with van der Waals surface area (Å²) in [4.78, 5) is 188. The quantitative estimate of drug-likeness (QED) is 0.0281. The van der Waals surface area contributed by atoms with Crippen LogP contribution in [-0.2, 0) is 70.5 Å². The van der Waals surface area contributed by atoms with Crippen LogP contribution in [-0.4, -0.2) is 254 Å². The molecule has 0 bridgehead atoms. The number of ether oxygens (including phenoxy) is 1. The lowest BCUT2D eigenvalue weighted by Gasteiger charge is -2.30. The number of urea groups is 1. The highest BCUT2D eigenvalue weighted by Crippen LogP contribution is 2.29. The Morgan fingerprint density at radius 2 is 1.25 bits per heavy atom. The molecule has 0 radical (unpaired) electrons. The van der Waals surface area contributed by atoms with E-state index in [9.17, 15) is 87.5 Å². The van der Waals surface area contributed by atoms with E-state index in [4.69, 9.17) is 14.9 Å². The van der Waals surface area contributed by atoms with E-state index in [0.29, 0.717) is 56.2 Å². The van der Waals surface area contributed by atoms with Crippen LogP contribution in [0.1, 0.15) is 105 Å². The number of likely N-dealkylation sites (tertiary alicyclic amines) is 1. The van der Waals surface area contributed by atoms with Crippen LogP contribution in [0.15, 0.2) is 91.3 Å². The van der Waals surface area contributed by atoms with Crippen molar-refractivity contribution in [3.63, 3.8) is 0 Å².